The van der Waals surface area contributed by atoms with Crippen LogP contribution in [0.1, 0.15) is 106 Å². The molecule has 6 heterocycles. The molecule has 4 fully saturated rings. The number of nitrogens with one attached hydrogen (secondary N) is 1. The molecular formula is C49H56F2N10O4. The first-order chi connectivity index (χ1) is 30.7. The summed E-state index contributed by atoms with van der Waals surface area (Å²) in [5.41, 5.74) is 6.40. The van der Waals surface area contributed by atoms with Crippen LogP contribution in [0.25, 0.3) is 33.8 Å². The molecule has 6 aromatic rings. The fourth-order valence-electron chi connectivity index (χ4n) is 9.11. The minimum atomic E-state index is -1.07. The van der Waals surface area contributed by atoms with Crippen LogP contribution < -0.4 is 5.32 Å². The van der Waals surface area contributed by atoms with Crippen LogP contribution in [0.3, 0.4) is 0 Å². The zero-order valence-corrected chi connectivity index (χ0v) is 38.0. The minimum Gasteiger partial charge on any atom is -0.384 e. The Morgan fingerprint density at radius 2 is 1.11 bits per heavy atom. The first-order valence-corrected chi connectivity index (χ1v) is 22.4. The molecule has 65 heavy (non-hydrogen) atoms. The summed E-state index contributed by atoms with van der Waals surface area (Å²) in [6.07, 6.45) is 6.53. The van der Waals surface area contributed by atoms with Gasteiger partial charge in [-0.15, -0.1) is 0 Å². The molecule has 2 saturated heterocycles. The van der Waals surface area contributed by atoms with Crippen LogP contribution in [0, 0.1) is 11.6 Å². The molecule has 0 radical (unpaired) electrons. The lowest BCUT2D eigenvalue weighted by Crippen LogP contribution is -2.63. The topological polar surface area (TPSA) is 154 Å². The number of carbonyl (C=O) groups is 3. The normalized spacial score (nSPS) is 19.7. The Bertz CT molecular complexity index is 2830. The monoisotopic (exact) mass is 886 g/mol. The molecule has 1 atom stereocenters. The van der Waals surface area contributed by atoms with E-state index in [9.17, 15) is 28.3 Å². The number of amides is 3. The van der Waals surface area contributed by atoms with Gasteiger partial charge in [0.15, 0.2) is 11.3 Å². The van der Waals surface area contributed by atoms with E-state index in [1.54, 1.807) is 55.5 Å². The summed E-state index contributed by atoms with van der Waals surface area (Å²) in [4.78, 5) is 53.9. The van der Waals surface area contributed by atoms with E-state index in [0.29, 0.717) is 48.9 Å². The number of aliphatic hydroxyl groups excluding tert-OH is 1. The zero-order valence-electron chi connectivity index (χ0n) is 38.0. The molecule has 0 bridgehead atoms. The Balaban J connectivity index is 0.000000166. The molecule has 2 aliphatic carbocycles. The lowest BCUT2D eigenvalue weighted by Gasteiger charge is -2.47. The summed E-state index contributed by atoms with van der Waals surface area (Å²) in [5, 5.41) is 22.4. The number of halogens is 2. The van der Waals surface area contributed by atoms with Crippen molar-refractivity contribution in [2.75, 3.05) is 39.3 Å². The second-order valence-corrected chi connectivity index (χ2v) is 20.0. The number of hydrogen-bond donors (Lipinski definition) is 2. The zero-order chi connectivity index (χ0) is 46.2. The van der Waals surface area contributed by atoms with Gasteiger partial charge in [0, 0.05) is 61.5 Å². The molecular weight excluding hydrogens is 831 g/mol. The predicted molar refractivity (Wildman–Crippen MR) is 241 cm³/mol. The van der Waals surface area contributed by atoms with Gasteiger partial charge >= 0.3 is 0 Å². The van der Waals surface area contributed by atoms with Gasteiger partial charge in [0.1, 0.15) is 29.1 Å². The van der Waals surface area contributed by atoms with Crippen LogP contribution in [-0.4, -0.2) is 123 Å². The van der Waals surface area contributed by atoms with E-state index in [4.69, 9.17) is 20.2 Å². The van der Waals surface area contributed by atoms with Crippen LogP contribution in [-0.2, 0) is 15.6 Å². The lowest BCUT2D eigenvalue weighted by atomic mass is 9.97. The first kappa shape index (κ1) is 44.1. The van der Waals surface area contributed by atoms with Crippen LogP contribution in [0.5, 0.6) is 0 Å². The summed E-state index contributed by atoms with van der Waals surface area (Å²) in [5.74, 6) is -1.21. The highest BCUT2D eigenvalue weighted by Crippen LogP contribution is 2.50. The van der Waals surface area contributed by atoms with E-state index >= 15 is 0 Å². The van der Waals surface area contributed by atoms with Gasteiger partial charge in [0.2, 0.25) is 0 Å². The third-order valence-corrected chi connectivity index (χ3v) is 13.7. The first-order valence-electron chi connectivity index (χ1n) is 22.4. The van der Waals surface area contributed by atoms with Crippen molar-refractivity contribution in [1.29, 1.82) is 0 Å². The van der Waals surface area contributed by atoms with Crippen LogP contribution in [0.15, 0.2) is 73.1 Å². The Labute approximate surface area is 376 Å². The van der Waals surface area contributed by atoms with E-state index in [2.05, 4.69) is 33.0 Å². The van der Waals surface area contributed by atoms with Crippen molar-refractivity contribution in [2.24, 2.45) is 0 Å². The number of rotatable bonds is 7. The van der Waals surface area contributed by atoms with Gasteiger partial charge in [-0.3, -0.25) is 14.4 Å². The van der Waals surface area contributed by atoms with Crippen molar-refractivity contribution in [3.05, 3.63) is 107 Å². The SMILES string of the molecule is CC1(c2cc(-c3ccc(F)cc3)nn3cc(C(=O)N4CCNCC4(C)C)nc23)CC1.C[C@H](O)C(=O)N1CCN(C(=O)c2cn3nc(-c4ccc(F)cc4)cc(C4(C)CC4)c3n2)C(C)(C)C1. The third-order valence-electron chi connectivity index (χ3n) is 13.7. The molecule has 4 aliphatic rings. The second kappa shape index (κ2) is 16.1. The van der Waals surface area contributed by atoms with Gasteiger partial charge in [0.05, 0.1) is 34.9 Å². The smallest absolute Gasteiger partial charge is 0.274 e. The minimum absolute atomic E-state index is 0.0309. The summed E-state index contributed by atoms with van der Waals surface area (Å²) < 4.78 is 30.2. The van der Waals surface area contributed by atoms with Gasteiger partial charge in [-0.1, -0.05) is 13.8 Å². The number of aromatic nitrogens is 6. The quantitative estimate of drug-likeness (QED) is 0.185. The molecule has 2 aromatic carbocycles. The van der Waals surface area contributed by atoms with Gasteiger partial charge in [-0.2, -0.15) is 10.2 Å². The number of hydrogen-bond acceptors (Lipinski definition) is 9. The Morgan fingerprint density at radius 1 is 0.662 bits per heavy atom. The number of aliphatic hydroxyl groups is 1. The maximum atomic E-state index is 13.6. The average molecular weight is 887 g/mol. The number of fused-ring (bicyclic) bond motifs is 2. The van der Waals surface area contributed by atoms with Crippen molar-refractivity contribution in [2.45, 2.75) is 102 Å². The van der Waals surface area contributed by atoms with E-state index < -0.39 is 11.6 Å². The molecule has 14 nitrogen and oxygen atoms in total. The van der Waals surface area contributed by atoms with Crippen molar-refractivity contribution < 1.29 is 28.3 Å². The molecule has 4 aromatic heterocycles. The molecule has 340 valence electrons. The highest BCUT2D eigenvalue weighted by molar-refractivity contribution is 5.94. The van der Waals surface area contributed by atoms with Crippen LogP contribution >= 0.6 is 0 Å². The maximum Gasteiger partial charge on any atom is 0.274 e. The van der Waals surface area contributed by atoms with Gasteiger partial charge in [-0.05, 0) is 132 Å². The van der Waals surface area contributed by atoms with Crippen molar-refractivity contribution >= 4 is 29.0 Å². The molecule has 16 heteroatoms. The lowest BCUT2D eigenvalue weighted by molar-refractivity contribution is -0.143. The second-order valence-electron chi connectivity index (χ2n) is 20.0. The van der Waals surface area contributed by atoms with Crippen LogP contribution in [0.2, 0.25) is 0 Å². The van der Waals surface area contributed by atoms with Crippen LogP contribution in [0.4, 0.5) is 8.78 Å². The van der Waals surface area contributed by atoms with Crippen molar-refractivity contribution in [3.63, 3.8) is 0 Å². The highest BCUT2D eigenvalue weighted by atomic mass is 19.1. The number of imidazole rings is 2. The number of benzene rings is 2. The number of nitrogens with zero attached hydrogens (tertiary/aromatic N) is 9. The Hall–Kier alpha value is -6.13. The van der Waals surface area contributed by atoms with Gasteiger partial charge in [0.25, 0.3) is 17.7 Å². The number of piperazine rings is 2. The maximum absolute atomic E-state index is 13.6. The largest absolute Gasteiger partial charge is 0.384 e. The van der Waals surface area contributed by atoms with E-state index in [1.165, 1.54) is 31.2 Å². The van der Waals surface area contributed by atoms with E-state index in [0.717, 1.165) is 72.4 Å². The summed E-state index contributed by atoms with van der Waals surface area (Å²) in [6.45, 7) is 17.0. The molecule has 10 rings (SSSR count). The summed E-state index contributed by atoms with van der Waals surface area (Å²) in [6, 6.07) is 16.6. The Morgan fingerprint density at radius 3 is 1.51 bits per heavy atom. The molecule has 2 N–H and O–H groups in total. The third kappa shape index (κ3) is 8.49. The Kier molecular flexibility index (Phi) is 10.9. The molecule has 2 aliphatic heterocycles. The summed E-state index contributed by atoms with van der Waals surface area (Å²) >= 11 is 0. The van der Waals surface area contributed by atoms with Crippen molar-refractivity contribution in [1.82, 2.24) is 49.2 Å². The standard InChI is InChI=1S/C26H30FN5O3.C23H26FN5O/c1-16(33)23(34)30-11-12-31(25(2,3)15-30)24(35)21-14-32-22(28-21)19(26(4)9-10-26)13-20(29-32)17-5-7-18(27)8-6-17;1-22(2)14-25-10-11-28(22)21(30)19-13-29-20(26-19)17(23(3)8-9-23)12-18(27-29)15-4-6-16(24)7-5-15/h5-8,13-14,16,33H,9-12,15H2,1-4H3;4-7,12-13,25H,8-11,14H2,1-3H3/t16-;/m0./s1. The fourth-order valence-corrected chi connectivity index (χ4v) is 9.11. The van der Waals surface area contributed by atoms with Crippen molar-refractivity contribution in [3.8, 4) is 22.5 Å². The molecule has 0 spiro atoms. The predicted octanol–water partition coefficient (Wildman–Crippen LogP) is 6.44. The molecule has 0 unspecified atom stereocenters. The summed E-state index contributed by atoms with van der Waals surface area (Å²) in [7, 11) is 0. The highest BCUT2D eigenvalue weighted by Gasteiger charge is 2.44. The van der Waals surface area contributed by atoms with Gasteiger partial charge < -0.3 is 25.1 Å². The molecule has 2 saturated carbocycles. The molecule has 3 amide bonds. The number of carbonyl (C=O) groups excluding carboxylic acids is 3. The van der Waals surface area contributed by atoms with E-state index in [-0.39, 0.29) is 45.7 Å². The van der Waals surface area contributed by atoms with Gasteiger partial charge in [-0.25, -0.2) is 27.8 Å². The van der Waals surface area contributed by atoms with E-state index in [1.807, 2.05) is 30.9 Å². The average Bonchev–Trinajstić information content (AvgIpc) is 4.09. The fraction of sp³-hybridized carbons (Fsp3) is 0.449.